The van der Waals surface area contributed by atoms with Crippen LogP contribution in [-0.2, 0) is 11.2 Å². The van der Waals surface area contributed by atoms with Gasteiger partial charge >= 0.3 is 0 Å². The number of carbonyl (C=O) groups is 1. The first-order valence-electron chi connectivity index (χ1n) is 8.81. The summed E-state index contributed by atoms with van der Waals surface area (Å²) in [5.74, 6) is -0.881. The van der Waals surface area contributed by atoms with Gasteiger partial charge in [-0.25, -0.2) is 14.9 Å². The van der Waals surface area contributed by atoms with Crippen LogP contribution in [0.4, 0.5) is 4.39 Å². The van der Waals surface area contributed by atoms with E-state index in [9.17, 15) is 14.0 Å². The molecule has 0 saturated heterocycles. The molecule has 0 aliphatic rings. The third-order valence-corrected chi connectivity index (χ3v) is 4.71. The minimum atomic E-state index is -0.799. The Bertz CT molecular complexity index is 1170. The van der Waals surface area contributed by atoms with Gasteiger partial charge in [-0.1, -0.05) is 19.1 Å². The molecule has 0 spiro atoms. The summed E-state index contributed by atoms with van der Waals surface area (Å²) < 4.78 is 15.9. The lowest BCUT2D eigenvalue weighted by Crippen LogP contribution is -2.24. The van der Waals surface area contributed by atoms with E-state index in [2.05, 4.69) is 4.98 Å². The molecule has 28 heavy (non-hydrogen) atoms. The number of aryl methyl sites for hydroxylation is 2. The number of halogens is 1. The third-order valence-electron chi connectivity index (χ3n) is 4.71. The summed E-state index contributed by atoms with van der Waals surface area (Å²) >= 11 is 0. The largest absolute Gasteiger partial charge is 0.288 e. The standard InChI is InChI=1S/C21H20FN3O3/c1-4-19-23-17-11-16(22)14(8-9-20(26)24-28)10-15(17)21(27)25(19)18-7-5-6-12(2)13(18)3/h5-11,28H,4H2,1-3H3,(H,24,26)/b9-8+. The Hall–Kier alpha value is -3.32. The van der Waals surface area contributed by atoms with Gasteiger partial charge in [-0.2, -0.15) is 0 Å². The predicted octanol–water partition coefficient (Wildman–Crippen LogP) is 3.22. The Morgan fingerprint density at radius 3 is 2.75 bits per heavy atom. The highest BCUT2D eigenvalue weighted by molar-refractivity contribution is 5.91. The maximum atomic E-state index is 14.4. The van der Waals surface area contributed by atoms with Crippen molar-refractivity contribution in [3.63, 3.8) is 0 Å². The van der Waals surface area contributed by atoms with Crippen molar-refractivity contribution in [2.45, 2.75) is 27.2 Å². The zero-order chi connectivity index (χ0) is 20.4. The van der Waals surface area contributed by atoms with Gasteiger partial charge in [0.2, 0.25) is 0 Å². The number of aromatic nitrogens is 2. The number of fused-ring (bicyclic) bond motifs is 1. The topological polar surface area (TPSA) is 84.2 Å². The number of carbonyl (C=O) groups excluding carboxylic acids is 1. The normalized spacial score (nSPS) is 11.3. The van der Waals surface area contributed by atoms with E-state index in [1.165, 1.54) is 23.7 Å². The lowest BCUT2D eigenvalue weighted by molar-refractivity contribution is -0.124. The van der Waals surface area contributed by atoms with E-state index < -0.39 is 11.7 Å². The summed E-state index contributed by atoms with van der Waals surface area (Å²) in [6, 6.07) is 8.24. The SMILES string of the molecule is CCc1nc2cc(F)c(/C=C/C(=O)NO)cc2c(=O)n1-c1cccc(C)c1C. The molecule has 0 bridgehead atoms. The molecule has 0 aliphatic carbocycles. The van der Waals surface area contributed by atoms with Crippen LogP contribution in [0.2, 0.25) is 0 Å². The summed E-state index contributed by atoms with van der Waals surface area (Å²) in [5, 5.41) is 8.80. The van der Waals surface area contributed by atoms with Crippen LogP contribution >= 0.6 is 0 Å². The highest BCUT2D eigenvalue weighted by atomic mass is 19.1. The molecule has 0 unspecified atom stereocenters. The summed E-state index contributed by atoms with van der Waals surface area (Å²) in [5.41, 5.74) is 4.17. The molecule has 0 atom stereocenters. The average molecular weight is 381 g/mol. The average Bonchev–Trinajstić information content (AvgIpc) is 2.68. The van der Waals surface area contributed by atoms with Crippen molar-refractivity contribution in [3.05, 3.63) is 75.1 Å². The van der Waals surface area contributed by atoms with E-state index in [1.54, 1.807) is 4.57 Å². The van der Waals surface area contributed by atoms with Crippen molar-refractivity contribution in [2.24, 2.45) is 0 Å². The minimum absolute atomic E-state index is 0.0479. The summed E-state index contributed by atoms with van der Waals surface area (Å²) in [4.78, 5) is 29.0. The minimum Gasteiger partial charge on any atom is -0.288 e. The number of rotatable bonds is 4. The van der Waals surface area contributed by atoms with Gasteiger partial charge in [0.15, 0.2) is 0 Å². The second-order valence-electron chi connectivity index (χ2n) is 6.44. The van der Waals surface area contributed by atoms with Crippen LogP contribution in [0, 0.1) is 19.7 Å². The molecule has 0 radical (unpaired) electrons. The lowest BCUT2D eigenvalue weighted by Gasteiger charge is -2.16. The van der Waals surface area contributed by atoms with Crippen LogP contribution in [0.5, 0.6) is 0 Å². The molecule has 0 saturated carbocycles. The van der Waals surface area contributed by atoms with Gasteiger partial charge in [0, 0.05) is 24.1 Å². The predicted molar refractivity (Wildman–Crippen MR) is 105 cm³/mol. The Kier molecular flexibility index (Phi) is 5.37. The van der Waals surface area contributed by atoms with Gasteiger partial charge < -0.3 is 0 Å². The van der Waals surface area contributed by atoms with Crippen molar-refractivity contribution < 1.29 is 14.4 Å². The first kappa shape index (κ1) is 19.4. The van der Waals surface area contributed by atoms with E-state index in [0.29, 0.717) is 12.2 Å². The first-order chi connectivity index (χ1) is 13.4. The van der Waals surface area contributed by atoms with Crippen LogP contribution < -0.4 is 11.0 Å². The molecule has 3 aromatic rings. The Morgan fingerprint density at radius 2 is 2.07 bits per heavy atom. The van der Waals surface area contributed by atoms with Crippen molar-refractivity contribution in [3.8, 4) is 5.69 Å². The zero-order valence-electron chi connectivity index (χ0n) is 15.8. The number of benzene rings is 2. The number of hydrogen-bond donors (Lipinski definition) is 2. The van der Waals surface area contributed by atoms with E-state index >= 15 is 0 Å². The Labute approximate surface area is 160 Å². The number of hydrogen-bond acceptors (Lipinski definition) is 4. The van der Waals surface area contributed by atoms with Crippen LogP contribution in [0.3, 0.4) is 0 Å². The Balaban J connectivity index is 2.31. The fourth-order valence-corrected chi connectivity index (χ4v) is 3.06. The van der Waals surface area contributed by atoms with Crippen LogP contribution in [0.15, 0.2) is 41.2 Å². The molecule has 0 aliphatic heterocycles. The van der Waals surface area contributed by atoms with E-state index in [4.69, 9.17) is 5.21 Å². The lowest BCUT2D eigenvalue weighted by atomic mass is 10.1. The number of amides is 1. The summed E-state index contributed by atoms with van der Waals surface area (Å²) in [6.45, 7) is 5.79. The fourth-order valence-electron chi connectivity index (χ4n) is 3.06. The van der Waals surface area contributed by atoms with Gasteiger partial charge in [-0.15, -0.1) is 0 Å². The second-order valence-corrected chi connectivity index (χ2v) is 6.44. The van der Waals surface area contributed by atoms with Gasteiger partial charge in [0.25, 0.3) is 11.5 Å². The van der Waals surface area contributed by atoms with Gasteiger partial charge in [0.1, 0.15) is 11.6 Å². The van der Waals surface area contributed by atoms with Crippen molar-refractivity contribution >= 4 is 22.9 Å². The molecular weight excluding hydrogens is 361 g/mol. The third kappa shape index (κ3) is 3.44. The molecule has 6 nitrogen and oxygen atoms in total. The number of hydroxylamine groups is 1. The maximum Gasteiger partial charge on any atom is 0.267 e. The van der Waals surface area contributed by atoms with Crippen molar-refractivity contribution in [1.29, 1.82) is 0 Å². The molecule has 7 heteroatoms. The van der Waals surface area contributed by atoms with Crippen LogP contribution in [0.25, 0.3) is 22.7 Å². The molecule has 3 rings (SSSR count). The second kappa shape index (κ2) is 7.74. The summed E-state index contributed by atoms with van der Waals surface area (Å²) in [6.07, 6.45) is 2.66. The molecule has 1 aromatic heterocycles. The van der Waals surface area contributed by atoms with Crippen LogP contribution in [0.1, 0.15) is 29.4 Å². The molecule has 2 aromatic carbocycles. The fraction of sp³-hybridized carbons (Fsp3) is 0.190. The quantitative estimate of drug-likeness (QED) is 0.413. The highest BCUT2D eigenvalue weighted by Crippen LogP contribution is 2.21. The maximum absolute atomic E-state index is 14.4. The monoisotopic (exact) mass is 381 g/mol. The Morgan fingerprint density at radius 1 is 1.32 bits per heavy atom. The smallest absolute Gasteiger partial charge is 0.267 e. The van der Waals surface area contributed by atoms with E-state index in [0.717, 1.165) is 22.9 Å². The number of nitrogens with one attached hydrogen (secondary N) is 1. The van der Waals surface area contributed by atoms with Crippen LogP contribution in [-0.4, -0.2) is 20.7 Å². The van der Waals surface area contributed by atoms with Crippen molar-refractivity contribution in [1.82, 2.24) is 15.0 Å². The highest BCUT2D eigenvalue weighted by Gasteiger charge is 2.16. The van der Waals surface area contributed by atoms with Gasteiger partial charge in [0.05, 0.1) is 16.6 Å². The molecule has 144 valence electrons. The van der Waals surface area contributed by atoms with Gasteiger partial charge in [-0.3, -0.25) is 19.4 Å². The van der Waals surface area contributed by atoms with Crippen molar-refractivity contribution in [2.75, 3.05) is 0 Å². The summed E-state index contributed by atoms with van der Waals surface area (Å²) in [7, 11) is 0. The molecule has 2 N–H and O–H groups in total. The molecule has 0 fully saturated rings. The molecular formula is C21H20FN3O3. The molecule has 1 heterocycles. The zero-order valence-corrected chi connectivity index (χ0v) is 15.8. The van der Waals surface area contributed by atoms with E-state index in [-0.39, 0.29) is 22.0 Å². The van der Waals surface area contributed by atoms with E-state index in [1.807, 2.05) is 39.0 Å². The van der Waals surface area contributed by atoms with Gasteiger partial charge in [-0.05, 0) is 43.2 Å². The first-order valence-corrected chi connectivity index (χ1v) is 8.81. The molecule has 1 amide bonds. The number of nitrogens with zero attached hydrogens (tertiary/aromatic N) is 2.